The van der Waals surface area contributed by atoms with Gasteiger partial charge in [-0.05, 0) is 0 Å². The van der Waals surface area contributed by atoms with Gasteiger partial charge in [-0.3, -0.25) is 0 Å². The first kappa shape index (κ1) is 15.7. The van der Waals surface area contributed by atoms with Crippen molar-refractivity contribution in [3.63, 3.8) is 0 Å². The van der Waals surface area contributed by atoms with E-state index in [0.717, 1.165) is 12.9 Å². The van der Waals surface area contributed by atoms with Crippen molar-refractivity contribution in [3.8, 4) is 0 Å². The van der Waals surface area contributed by atoms with E-state index in [1.807, 2.05) is 0 Å². The fourth-order valence-electron chi connectivity index (χ4n) is 0.0170. The Morgan fingerprint density at radius 1 is 1.00 bits per heavy atom. The molecule has 0 radical (unpaired) electrons. The molecule has 5 heteroatoms. The van der Waals surface area contributed by atoms with Crippen LogP contribution >= 0.6 is 0 Å². The van der Waals surface area contributed by atoms with Gasteiger partial charge in [0, 0.05) is 0 Å². The van der Waals surface area contributed by atoms with Gasteiger partial charge < -0.3 is 14.3 Å². The molecule has 0 atom stereocenters. The summed E-state index contributed by atoms with van der Waals surface area (Å²) < 4.78 is 3.22. The molecule has 48 valence electrons. The standard InChI is InChI=1S/C2O3.2Cu/c3-1-5-2-4;;/q-2;2*+1. The van der Waals surface area contributed by atoms with E-state index in [1.165, 1.54) is 0 Å². The van der Waals surface area contributed by atoms with Gasteiger partial charge in [-0.1, -0.05) is 0 Å². The third-order valence-corrected chi connectivity index (χ3v) is 0.0833. The van der Waals surface area contributed by atoms with Crippen LogP contribution in [0.5, 0.6) is 0 Å². The number of hydrogen-bond donors (Lipinski definition) is 0. The molecule has 0 amide bonds. The molecule has 0 heterocycles. The average Bonchev–Trinajstić information content (AvgIpc) is 1.41. The van der Waals surface area contributed by atoms with Gasteiger partial charge >= 0.3 is 34.1 Å². The molecule has 0 aliphatic carbocycles. The molecule has 0 aliphatic rings. The quantitative estimate of drug-likeness (QED) is 0.330. The fourth-order valence-corrected chi connectivity index (χ4v) is 0.0170. The first-order valence-corrected chi connectivity index (χ1v) is 0.816. The maximum absolute atomic E-state index is 8.80. The minimum Gasteiger partial charge on any atom is -0.783 e. The van der Waals surface area contributed by atoms with Crippen LogP contribution in [0.4, 0.5) is 0 Å². The van der Waals surface area contributed by atoms with Gasteiger partial charge in [0.05, 0.1) is 0 Å². The fraction of sp³-hybridized carbons (Fsp3) is 0. The van der Waals surface area contributed by atoms with Crippen LogP contribution in [0.3, 0.4) is 0 Å². The van der Waals surface area contributed by atoms with Crippen molar-refractivity contribution in [2.45, 2.75) is 0 Å². The number of rotatable bonds is 2. The molecular formula is C2Cu2O3. The molecule has 0 aromatic heterocycles. The van der Waals surface area contributed by atoms with Crippen molar-refractivity contribution in [2.24, 2.45) is 0 Å². The average molecular weight is 199 g/mol. The molecule has 3 nitrogen and oxygen atoms in total. The summed E-state index contributed by atoms with van der Waals surface area (Å²) >= 11 is 0. The van der Waals surface area contributed by atoms with Crippen LogP contribution < -0.4 is 0 Å². The van der Waals surface area contributed by atoms with Crippen LogP contribution in [0.1, 0.15) is 0 Å². The summed E-state index contributed by atoms with van der Waals surface area (Å²) in [5.41, 5.74) is 0. The van der Waals surface area contributed by atoms with Crippen molar-refractivity contribution in [2.75, 3.05) is 0 Å². The molecule has 0 bridgehead atoms. The zero-order valence-corrected chi connectivity index (χ0v) is 4.71. The van der Waals surface area contributed by atoms with Crippen molar-refractivity contribution < 1.29 is 48.5 Å². The summed E-state index contributed by atoms with van der Waals surface area (Å²) in [4.78, 5) is 17.6. The third kappa shape index (κ3) is 22.7. The van der Waals surface area contributed by atoms with Crippen molar-refractivity contribution in [1.82, 2.24) is 0 Å². The molecule has 0 aliphatic heterocycles. The molecule has 0 N–H and O–H groups in total. The SMILES string of the molecule is O=[C-]O[C-]=O.[Cu+].[Cu+]. The van der Waals surface area contributed by atoms with E-state index in [-0.39, 0.29) is 34.1 Å². The van der Waals surface area contributed by atoms with Crippen molar-refractivity contribution in [3.05, 3.63) is 0 Å². The predicted octanol–water partition coefficient (Wildman–Crippen LogP) is -0.868. The monoisotopic (exact) mass is 198 g/mol. The van der Waals surface area contributed by atoms with Crippen LogP contribution in [-0.2, 0) is 48.5 Å². The molecule has 0 saturated heterocycles. The molecule has 0 aromatic rings. The van der Waals surface area contributed by atoms with E-state index < -0.39 is 0 Å². The van der Waals surface area contributed by atoms with E-state index in [2.05, 4.69) is 4.74 Å². The molecular weight excluding hydrogens is 199 g/mol. The van der Waals surface area contributed by atoms with Crippen LogP contribution in [0, 0.1) is 0 Å². The van der Waals surface area contributed by atoms with Crippen molar-refractivity contribution in [1.29, 1.82) is 0 Å². The van der Waals surface area contributed by atoms with E-state index in [1.54, 1.807) is 0 Å². The smallest absolute Gasteiger partial charge is 0.783 e. The van der Waals surface area contributed by atoms with Gasteiger partial charge in [0.15, 0.2) is 0 Å². The van der Waals surface area contributed by atoms with Gasteiger partial charge in [0.25, 0.3) is 0 Å². The van der Waals surface area contributed by atoms with Crippen LogP contribution in [0.15, 0.2) is 0 Å². The maximum atomic E-state index is 8.80. The normalized spacial score (nSPS) is 4.00. The number of ether oxygens (including phenoxy) is 1. The Morgan fingerprint density at radius 3 is 1.29 bits per heavy atom. The van der Waals surface area contributed by atoms with Crippen LogP contribution in [0.2, 0.25) is 0 Å². The summed E-state index contributed by atoms with van der Waals surface area (Å²) in [6, 6.07) is 0. The summed E-state index contributed by atoms with van der Waals surface area (Å²) in [5.74, 6) is 0. The van der Waals surface area contributed by atoms with Crippen LogP contribution in [0.25, 0.3) is 0 Å². The molecule has 0 fully saturated rings. The predicted molar refractivity (Wildman–Crippen MR) is 12.5 cm³/mol. The van der Waals surface area contributed by atoms with E-state index in [4.69, 9.17) is 9.59 Å². The Morgan fingerprint density at radius 2 is 1.29 bits per heavy atom. The topological polar surface area (TPSA) is 43.4 Å². The Kier molecular flexibility index (Phi) is 36.8. The molecule has 7 heavy (non-hydrogen) atoms. The minimum atomic E-state index is 0. The third-order valence-electron chi connectivity index (χ3n) is 0.0833. The minimum absolute atomic E-state index is 0. The van der Waals surface area contributed by atoms with E-state index in [0.29, 0.717) is 0 Å². The number of hydrogen-bond acceptors (Lipinski definition) is 3. The summed E-state index contributed by atoms with van der Waals surface area (Å²) in [6.07, 6.45) is 0. The zero-order valence-electron chi connectivity index (χ0n) is 2.83. The first-order chi connectivity index (χ1) is 2.41. The second-order valence-electron chi connectivity index (χ2n) is 0.269. The molecule has 0 rings (SSSR count). The summed E-state index contributed by atoms with van der Waals surface area (Å²) in [6.45, 7) is 1.69. The Hall–Kier alpha value is 0.179. The second kappa shape index (κ2) is 16.4. The van der Waals surface area contributed by atoms with Crippen molar-refractivity contribution >= 4 is 12.9 Å². The van der Waals surface area contributed by atoms with Gasteiger partial charge in [-0.25, -0.2) is 0 Å². The summed E-state index contributed by atoms with van der Waals surface area (Å²) in [7, 11) is 0. The van der Waals surface area contributed by atoms with Gasteiger partial charge in [-0.15, -0.1) is 12.9 Å². The molecule has 0 aromatic carbocycles. The molecule has 0 unspecified atom stereocenters. The second-order valence-corrected chi connectivity index (χ2v) is 0.269. The van der Waals surface area contributed by atoms with E-state index >= 15 is 0 Å². The first-order valence-electron chi connectivity index (χ1n) is 0.816. The largest absolute Gasteiger partial charge is 1.00 e. The summed E-state index contributed by atoms with van der Waals surface area (Å²) in [5, 5.41) is 0. The maximum Gasteiger partial charge on any atom is 1.00 e. The Bertz CT molecular complexity index is 40.2. The zero-order chi connectivity index (χ0) is 4.12. The van der Waals surface area contributed by atoms with Gasteiger partial charge in [-0.2, -0.15) is 0 Å². The van der Waals surface area contributed by atoms with E-state index in [9.17, 15) is 0 Å². The van der Waals surface area contributed by atoms with Gasteiger partial charge in [0.1, 0.15) is 0 Å². The van der Waals surface area contributed by atoms with Gasteiger partial charge in [0.2, 0.25) is 0 Å². The Balaban J connectivity index is -0.0000000800. The molecule has 0 saturated carbocycles. The Labute approximate surface area is 61.7 Å². The number of carbonyl (C=O) groups excluding carboxylic acids is 2. The van der Waals surface area contributed by atoms with Crippen LogP contribution in [-0.4, -0.2) is 12.9 Å². The molecule has 0 spiro atoms.